The van der Waals surface area contributed by atoms with E-state index in [9.17, 15) is 24.0 Å². The Bertz CT molecular complexity index is 1350. The highest BCUT2D eigenvalue weighted by Gasteiger charge is 2.35. The maximum absolute atomic E-state index is 14.0. The van der Waals surface area contributed by atoms with Crippen LogP contribution in [0.4, 0.5) is 4.79 Å². The summed E-state index contributed by atoms with van der Waals surface area (Å²) in [4.78, 5) is 68.2. The van der Waals surface area contributed by atoms with Gasteiger partial charge in [0, 0.05) is 54.8 Å². The molecule has 2 aromatic rings. The minimum Gasteiger partial charge on any atom is -0.452 e. The number of nitrogens with one attached hydrogen (secondary N) is 1. The van der Waals surface area contributed by atoms with Gasteiger partial charge < -0.3 is 15.0 Å². The molecule has 9 nitrogen and oxygen atoms in total. The lowest BCUT2D eigenvalue weighted by atomic mass is 9.81. The second-order valence-electron chi connectivity index (χ2n) is 13.8. The maximum Gasteiger partial charge on any atom is 0.418 e. The van der Waals surface area contributed by atoms with Crippen LogP contribution in [0.15, 0.2) is 30.5 Å². The van der Waals surface area contributed by atoms with Crippen LogP contribution in [-0.4, -0.2) is 64.2 Å². The molecule has 44 heavy (non-hydrogen) atoms. The average molecular weight is 610 g/mol. The van der Waals surface area contributed by atoms with Gasteiger partial charge in [0.1, 0.15) is 5.78 Å². The number of nitrogens with zero attached hydrogens (tertiary/aromatic N) is 2. The Balaban J connectivity index is 1.96. The van der Waals surface area contributed by atoms with Crippen molar-refractivity contribution in [3.05, 3.63) is 36.0 Å². The Morgan fingerprint density at radius 3 is 2.20 bits per heavy atom. The van der Waals surface area contributed by atoms with E-state index in [1.807, 2.05) is 50.8 Å². The van der Waals surface area contributed by atoms with E-state index in [1.54, 1.807) is 12.3 Å². The smallest absolute Gasteiger partial charge is 0.418 e. The molecular formula is C35H51N3O6. The van der Waals surface area contributed by atoms with Crippen LogP contribution in [0.1, 0.15) is 99.0 Å². The van der Waals surface area contributed by atoms with Gasteiger partial charge in [0.2, 0.25) is 11.8 Å². The Morgan fingerprint density at radius 2 is 1.64 bits per heavy atom. The zero-order valence-corrected chi connectivity index (χ0v) is 27.8. The highest BCUT2D eigenvalue weighted by molar-refractivity contribution is 5.96. The van der Waals surface area contributed by atoms with Gasteiger partial charge in [-0.2, -0.15) is 0 Å². The molecule has 0 unspecified atom stereocenters. The summed E-state index contributed by atoms with van der Waals surface area (Å²) in [6.07, 6.45) is 5.20. The number of Topliss-reactive ketones (excluding diaryl/α,β-unsaturated/α-hetero) is 2. The lowest BCUT2D eigenvalue weighted by molar-refractivity contribution is -0.142. The third-order valence-electron chi connectivity index (χ3n) is 8.94. The summed E-state index contributed by atoms with van der Waals surface area (Å²) in [5, 5.41) is 3.77. The Labute approximate surface area is 262 Å². The van der Waals surface area contributed by atoms with Crippen molar-refractivity contribution in [1.29, 1.82) is 0 Å². The molecule has 1 fully saturated rings. The summed E-state index contributed by atoms with van der Waals surface area (Å²) in [6, 6.07) is 6.60. The molecule has 1 N–H and O–H groups in total. The predicted molar refractivity (Wildman–Crippen MR) is 171 cm³/mol. The molecule has 1 aromatic carbocycles. The van der Waals surface area contributed by atoms with Crippen molar-refractivity contribution < 1.29 is 28.7 Å². The van der Waals surface area contributed by atoms with Crippen LogP contribution < -0.4 is 5.32 Å². The average Bonchev–Trinajstić information content (AvgIpc) is 3.32. The third-order valence-corrected chi connectivity index (χ3v) is 8.94. The number of aromatic nitrogens is 1. The minimum absolute atomic E-state index is 0.00189. The molecule has 9 heteroatoms. The Morgan fingerprint density at radius 1 is 1.00 bits per heavy atom. The first kappa shape index (κ1) is 35.0. The third kappa shape index (κ3) is 8.79. The summed E-state index contributed by atoms with van der Waals surface area (Å²) in [5.41, 5.74) is 1.08. The van der Waals surface area contributed by atoms with Crippen molar-refractivity contribution in [2.24, 2.45) is 17.3 Å². The summed E-state index contributed by atoms with van der Waals surface area (Å²) >= 11 is 0. The number of para-hydroxylation sites is 1. The zero-order chi connectivity index (χ0) is 32.8. The number of hydrogen-bond donors (Lipinski definition) is 1. The molecule has 0 bridgehead atoms. The standard InChI is InChI=1S/C35H51N3O6/c1-9-25(24(4)39)18-31(40)29(17-27-21-37(34(43)44-8)30-16-11-10-15-28(27)30)36-33(42)26(20-35(5,6)7)19-32(41)38-22(2)13-12-14-23(38)3/h10-11,15-16,21-23,25-26,29H,9,12-14,17-20H2,1-8H3,(H,36,42)/t22-,23+,25-,26-,29+/m0/s1. The van der Waals surface area contributed by atoms with E-state index < -0.39 is 24.0 Å². The predicted octanol–water partition coefficient (Wildman–Crippen LogP) is 6.09. The normalized spacial score (nSPS) is 19.2. The van der Waals surface area contributed by atoms with Crippen molar-refractivity contribution >= 4 is 40.4 Å². The van der Waals surface area contributed by atoms with Gasteiger partial charge in [0.25, 0.3) is 0 Å². The molecule has 1 saturated heterocycles. The summed E-state index contributed by atoms with van der Waals surface area (Å²) < 4.78 is 6.35. The van der Waals surface area contributed by atoms with E-state index in [2.05, 4.69) is 19.2 Å². The summed E-state index contributed by atoms with van der Waals surface area (Å²) in [6.45, 7) is 13.6. The van der Waals surface area contributed by atoms with Gasteiger partial charge in [0.05, 0.1) is 18.7 Å². The number of piperidine rings is 1. The van der Waals surface area contributed by atoms with Gasteiger partial charge in [-0.15, -0.1) is 0 Å². The van der Waals surface area contributed by atoms with Crippen molar-refractivity contribution in [3.8, 4) is 0 Å². The maximum atomic E-state index is 14.0. The zero-order valence-electron chi connectivity index (χ0n) is 27.8. The first-order chi connectivity index (χ1) is 20.7. The molecular weight excluding hydrogens is 558 g/mol. The number of ether oxygens (including phenoxy) is 1. The molecule has 2 heterocycles. The fourth-order valence-electron chi connectivity index (χ4n) is 6.60. The number of methoxy groups -OCH3 is 1. The molecule has 1 aliphatic rings. The molecule has 1 aliphatic heterocycles. The highest BCUT2D eigenvalue weighted by Crippen LogP contribution is 2.30. The molecule has 3 rings (SSSR count). The largest absolute Gasteiger partial charge is 0.452 e. The van der Waals surface area contributed by atoms with Crippen LogP contribution in [-0.2, 0) is 30.3 Å². The van der Waals surface area contributed by atoms with Crippen molar-refractivity contribution in [2.45, 2.75) is 118 Å². The number of carbonyl (C=O) groups excluding carboxylic acids is 5. The van der Waals surface area contributed by atoms with E-state index in [4.69, 9.17) is 4.74 Å². The quantitative estimate of drug-likeness (QED) is 0.312. The monoisotopic (exact) mass is 609 g/mol. The first-order valence-corrected chi connectivity index (χ1v) is 16.0. The van der Waals surface area contributed by atoms with Crippen molar-refractivity contribution in [3.63, 3.8) is 0 Å². The molecule has 1 aromatic heterocycles. The first-order valence-electron chi connectivity index (χ1n) is 16.0. The number of likely N-dealkylation sites (tertiary alicyclic amines) is 1. The van der Waals surface area contributed by atoms with Crippen LogP contribution in [0.3, 0.4) is 0 Å². The van der Waals surface area contributed by atoms with Crippen molar-refractivity contribution in [1.82, 2.24) is 14.8 Å². The molecule has 0 saturated carbocycles. The van der Waals surface area contributed by atoms with Crippen LogP contribution >= 0.6 is 0 Å². The van der Waals surface area contributed by atoms with Gasteiger partial charge in [-0.25, -0.2) is 4.79 Å². The molecule has 0 spiro atoms. The van der Waals surface area contributed by atoms with E-state index in [0.717, 1.165) is 24.6 Å². The number of benzene rings is 1. The second-order valence-corrected chi connectivity index (χ2v) is 13.8. The molecule has 242 valence electrons. The number of amides is 2. The Kier molecular flexibility index (Phi) is 11.9. The summed E-state index contributed by atoms with van der Waals surface area (Å²) in [7, 11) is 1.30. The number of fused-ring (bicyclic) bond motifs is 1. The second kappa shape index (κ2) is 15.0. The lowest BCUT2D eigenvalue weighted by Crippen LogP contribution is -2.50. The minimum atomic E-state index is -0.946. The number of ketones is 2. The highest BCUT2D eigenvalue weighted by atomic mass is 16.5. The van der Waals surface area contributed by atoms with E-state index >= 15 is 0 Å². The van der Waals surface area contributed by atoms with E-state index in [0.29, 0.717) is 23.9 Å². The molecule has 0 aliphatic carbocycles. The van der Waals surface area contributed by atoms with E-state index in [-0.39, 0.29) is 60.1 Å². The summed E-state index contributed by atoms with van der Waals surface area (Å²) in [5.74, 6) is -1.81. The lowest BCUT2D eigenvalue weighted by Gasteiger charge is -2.40. The van der Waals surface area contributed by atoms with Crippen LogP contribution in [0.25, 0.3) is 10.9 Å². The SMILES string of the molecule is CC[C@@H](CC(=O)[C@@H](Cc1cn(C(=O)OC)c2ccccc12)NC(=O)[C@@H](CC(=O)N1[C@H](C)CCC[C@@H]1C)CC(C)(C)C)C(C)=O. The van der Waals surface area contributed by atoms with Gasteiger partial charge in [-0.05, 0) is 69.9 Å². The van der Waals surface area contributed by atoms with Gasteiger partial charge >= 0.3 is 6.09 Å². The van der Waals surface area contributed by atoms with Crippen molar-refractivity contribution in [2.75, 3.05) is 7.11 Å². The fraction of sp³-hybridized carbons (Fsp3) is 0.629. The topological polar surface area (TPSA) is 115 Å². The molecule has 2 amide bonds. The van der Waals surface area contributed by atoms with Gasteiger partial charge in [-0.3, -0.25) is 23.7 Å². The van der Waals surface area contributed by atoms with E-state index in [1.165, 1.54) is 18.6 Å². The van der Waals surface area contributed by atoms with Gasteiger partial charge in [-0.1, -0.05) is 45.9 Å². The molecule has 0 radical (unpaired) electrons. The fourth-order valence-corrected chi connectivity index (χ4v) is 6.60. The molecule has 5 atom stereocenters. The number of carbonyl (C=O) groups is 5. The number of rotatable bonds is 12. The number of hydrogen-bond acceptors (Lipinski definition) is 6. The van der Waals surface area contributed by atoms with Crippen LogP contribution in [0.2, 0.25) is 0 Å². The van der Waals surface area contributed by atoms with Crippen LogP contribution in [0.5, 0.6) is 0 Å². The Hall–Kier alpha value is -3.49. The van der Waals surface area contributed by atoms with Crippen LogP contribution in [0, 0.1) is 17.3 Å². The van der Waals surface area contributed by atoms with Gasteiger partial charge in [0.15, 0.2) is 5.78 Å².